The molecule has 1 aromatic heterocycles. The zero-order valence-electron chi connectivity index (χ0n) is 18.1. The fourth-order valence-corrected chi connectivity index (χ4v) is 3.34. The molecule has 0 unspecified atom stereocenters. The molecular weight excluding hydrogens is 442 g/mol. The van der Waals surface area contributed by atoms with E-state index in [1.165, 1.54) is 29.9 Å². The lowest BCUT2D eigenvalue weighted by atomic mass is 10.1. The molecule has 0 atom stereocenters. The highest BCUT2D eigenvalue weighted by Gasteiger charge is 2.34. The zero-order valence-corrected chi connectivity index (χ0v) is 18.1. The number of fused-ring (bicyclic) bond motifs is 1. The number of hydrogen-bond acceptors (Lipinski definition) is 7. The highest BCUT2D eigenvalue weighted by molar-refractivity contribution is 5.99. The Morgan fingerprint density at radius 1 is 1.15 bits per heavy atom. The van der Waals surface area contributed by atoms with E-state index < -0.39 is 40.2 Å². The number of aromatic hydroxyl groups is 1. The van der Waals surface area contributed by atoms with Crippen molar-refractivity contribution in [3.63, 3.8) is 0 Å². The quantitative estimate of drug-likeness (QED) is 0.550. The van der Waals surface area contributed by atoms with Gasteiger partial charge in [0.2, 0.25) is 5.43 Å². The third-order valence-electron chi connectivity index (χ3n) is 5.11. The maximum Gasteiger partial charge on any atom is 0.277 e. The van der Waals surface area contributed by atoms with Crippen LogP contribution in [0.2, 0.25) is 0 Å². The average molecular weight is 466 g/mol. The zero-order chi connectivity index (χ0) is 24.1. The van der Waals surface area contributed by atoms with Crippen molar-refractivity contribution < 1.29 is 33.0 Å². The Morgan fingerprint density at radius 3 is 2.52 bits per heavy atom. The van der Waals surface area contributed by atoms with E-state index in [9.17, 15) is 28.3 Å². The van der Waals surface area contributed by atoms with E-state index in [1.54, 1.807) is 5.01 Å². The highest BCUT2D eigenvalue weighted by Crippen LogP contribution is 2.21. The number of amides is 2. The van der Waals surface area contributed by atoms with Crippen molar-refractivity contribution in [1.82, 2.24) is 14.9 Å². The van der Waals surface area contributed by atoms with Gasteiger partial charge in [0.05, 0.1) is 19.8 Å². The van der Waals surface area contributed by atoms with Gasteiger partial charge in [0.25, 0.3) is 11.8 Å². The monoisotopic (exact) mass is 466 g/mol. The lowest BCUT2D eigenvalue weighted by Crippen LogP contribution is -2.56. The average Bonchev–Trinajstić information content (AvgIpc) is 2.79. The first-order chi connectivity index (χ1) is 15.8. The van der Waals surface area contributed by atoms with Gasteiger partial charge in [-0.25, -0.2) is 8.78 Å². The molecule has 2 aromatic rings. The van der Waals surface area contributed by atoms with Gasteiger partial charge in [-0.15, -0.1) is 0 Å². The van der Waals surface area contributed by atoms with Crippen LogP contribution in [0.15, 0.2) is 29.2 Å². The van der Waals surface area contributed by atoms with E-state index in [1.807, 2.05) is 0 Å². The Hall–Kier alpha value is -3.51. The Bertz CT molecular complexity index is 1110. The predicted molar refractivity (Wildman–Crippen MR) is 113 cm³/mol. The van der Waals surface area contributed by atoms with Gasteiger partial charge in [-0.1, -0.05) is 6.07 Å². The Kier molecular flexibility index (Phi) is 7.61. The van der Waals surface area contributed by atoms with Crippen LogP contribution >= 0.6 is 0 Å². The summed E-state index contributed by atoms with van der Waals surface area (Å²) in [5.41, 5.74) is -1.77. The molecule has 1 aromatic carbocycles. The van der Waals surface area contributed by atoms with E-state index in [0.29, 0.717) is 6.07 Å². The minimum atomic E-state index is -1.05. The summed E-state index contributed by atoms with van der Waals surface area (Å²) in [5.74, 6) is -4.00. The van der Waals surface area contributed by atoms with Gasteiger partial charge in [-0.2, -0.15) is 0 Å². The van der Waals surface area contributed by atoms with Crippen LogP contribution in [-0.4, -0.2) is 73.7 Å². The van der Waals surface area contributed by atoms with Crippen molar-refractivity contribution in [2.24, 2.45) is 0 Å². The summed E-state index contributed by atoms with van der Waals surface area (Å²) in [6, 6.07) is 2.89. The molecule has 33 heavy (non-hydrogen) atoms. The van der Waals surface area contributed by atoms with Crippen LogP contribution in [0.25, 0.3) is 0 Å². The topological polar surface area (TPSA) is 113 Å². The maximum atomic E-state index is 13.8. The third kappa shape index (κ3) is 5.12. The van der Waals surface area contributed by atoms with E-state index in [2.05, 4.69) is 5.32 Å². The lowest BCUT2D eigenvalue weighted by Gasteiger charge is -2.39. The maximum absolute atomic E-state index is 13.8. The highest BCUT2D eigenvalue weighted by atomic mass is 19.1. The summed E-state index contributed by atoms with van der Waals surface area (Å²) < 4.78 is 38.3. The van der Waals surface area contributed by atoms with Crippen LogP contribution in [0.5, 0.6) is 5.75 Å². The number of carbonyl (C=O) groups is 2. The molecule has 10 nitrogen and oxygen atoms in total. The molecule has 2 amide bonds. The summed E-state index contributed by atoms with van der Waals surface area (Å²) in [6.07, 6.45) is 1.15. The van der Waals surface area contributed by atoms with E-state index >= 15 is 0 Å². The summed E-state index contributed by atoms with van der Waals surface area (Å²) in [6.45, 7) is 0.800. The smallest absolute Gasteiger partial charge is 0.277 e. The minimum absolute atomic E-state index is 0.0118. The van der Waals surface area contributed by atoms with Crippen LogP contribution < -0.4 is 15.8 Å². The number of carbonyl (C=O) groups excluding carboxylic acids is 2. The molecule has 2 N–H and O–H groups in total. The Labute approximate surface area is 187 Å². The molecule has 0 spiro atoms. The standard InChI is InChI=1S/C21H24F2N4O6/c1-32-7-5-25-12-26(6-8-33-2)27-11-15(18(28)19(29)17(27)21(25)31)20(30)24-10-13-3-4-14(22)9-16(13)23/h3-4,9,11,29H,5-8,10,12H2,1-2H3,(H,24,30). The van der Waals surface area contributed by atoms with Crippen LogP contribution in [-0.2, 0) is 16.0 Å². The summed E-state index contributed by atoms with van der Waals surface area (Å²) in [4.78, 5) is 39.7. The van der Waals surface area contributed by atoms with Gasteiger partial charge in [-0.3, -0.25) is 24.1 Å². The van der Waals surface area contributed by atoms with Crippen molar-refractivity contribution >= 4 is 11.8 Å². The fourth-order valence-electron chi connectivity index (χ4n) is 3.34. The second-order valence-corrected chi connectivity index (χ2v) is 7.26. The van der Waals surface area contributed by atoms with Crippen LogP contribution in [0.1, 0.15) is 26.4 Å². The van der Waals surface area contributed by atoms with Gasteiger partial charge >= 0.3 is 0 Å². The first-order valence-electron chi connectivity index (χ1n) is 10.0. The van der Waals surface area contributed by atoms with Gasteiger partial charge in [-0.05, 0) is 6.07 Å². The van der Waals surface area contributed by atoms with Gasteiger partial charge in [0.1, 0.15) is 23.9 Å². The fraction of sp³-hybridized carbons (Fsp3) is 0.381. The molecule has 0 saturated heterocycles. The van der Waals surface area contributed by atoms with Crippen molar-refractivity contribution in [3.8, 4) is 5.75 Å². The summed E-state index contributed by atoms with van der Waals surface area (Å²) >= 11 is 0. The van der Waals surface area contributed by atoms with E-state index in [0.717, 1.165) is 12.3 Å². The molecule has 0 bridgehead atoms. The number of nitrogens with zero attached hydrogens (tertiary/aromatic N) is 3. The number of rotatable bonds is 9. The second kappa shape index (κ2) is 10.4. The molecule has 178 valence electrons. The summed E-state index contributed by atoms with van der Waals surface area (Å²) in [5, 5.41) is 14.5. The molecule has 3 rings (SSSR count). The van der Waals surface area contributed by atoms with Crippen molar-refractivity contribution in [2.45, 2.75) is 6.54 Å². The number of hydrogen-bond donors (Lipinski definition) is 2. The molecule has 0 radical (unpaired) electrons. The number of nitrogens with one attached hydrogen (secondary N) is 1. The Morgan fingerprint density at radius 2 is 1.85 bits per heavy atom. The molecule has 0 saturated carbocycles. The lowest BCUT2D eigenvalue weighted by molar-refractivity contribution is 0.0612. The molecule has 2 heterocycles. The number of aromatic nitrogens is 1. The van der Waals surface area contributed by atoms with Crippen molar-refractivity contribution in [1.29, 1.82) is 0 Å². The van der Waals surface area contributed by atoms with Crippen LogP contribution in [0, 0.1) is 11.6 Å². The van der Waals surface area contributed by atoms with Crippen LogP contribution in [0.4, 0.5) is 8.78 Å². The molecule has 1 aliphatic rings. The SMILES string of the molecule is COCCN1CN(CCOC)n2cc(C(=O)NCc3ccc(F)cc3F)c(=O)c(O)c2C1=O. The predicted octanol–water partition coefficient (Wildman–Crippen LogP) is 0.406. The number of ether oxygens (including phenoxy) is 2. The molecule has 12 heteroatoms. The Balaban J connectivity index is 1.93. The number of pyridine rings is 1. The molecular formula is C21H24F2N4O6. The van der Waals surface area contributed by atoms with Gasteiger partial charge < -0.3 is 24.8 Å². The third-order valence-corrected chi connectivity index (χ3v) is 5.11. The molecule has 0 fully saturated rings. The van der Waals surface area contributed by atoms with Gasteiger partial charge in [0.15, 0.2) is 11.4 Å². The number of methoxy groups -OCH3 is 2. The van der Waals surface area contributed by atoms with Crippen LogP contribution in [0.3, 0.4) is 0 Å². The normalized spacial score (nSPS) is 13.3. The van der Waals surface area contributed by atoms with E-state index in [4.69, 9.17) is 9.47 Å². The molecule has 0 aliphatic carbocycles. The van der Waals surface area contributed by atoms with Crippen molar-refractivity contribution in [2.75, 3.05) is 52.2 Å². The number of halogens is 2. The van der Waals surface area contributed by atoms with Gasteiger partial charge in [0, 0.05) is 45.1 Å². The van der Waals surface area contributed by atoms with E-state index in [-0.39, 0.29) is 50.8 Å². The first-order valence-corrected chi connectivity index (χ1v) is 10.0. The molecule has 1 aliphatic heterocycles. The second-order valence-electron chi connectivity index (χ2n) is 7.26. The first kappa shape index (κ1) is 24.1. The summed E-state index contributed by atoms with van der Waals surface area (Å²) in [7, 11) is 2.98. The number of benzene rings is 1. The van der Waals surface area contributed by atoms with Crippen molar-refractivity contribution in [3.05, 3.63) is 63.1 Å². The largest absolute Gasteiger partial charge is 0.502 e. The minimum Gasteiger partial charge on any atom is -0.502 e.